The van der Waals surface area contributed by atoms with Crippen molar-refractivity contribution in [3.63, 3.8) is 0 Å². The Hall–Kier alpha value is -2.65. The van der Waals surface area contributed by atoms with Crippen molar-refractivity contribution >= 4 is 18.5 Å². The molecular formula is C34H40OSiTi. The van der Waals surface area contributed by atoms with E-state index in [1.807, 2.05) is 48.5 Å². The van der Waals surface area contributed by atoms with E-state index in [0.29, 0.717) is 18.4 Å². The molecule has 0 unspecified atom stereocenters. The fourth-order valence-electron chi connectivity index (χ4n) is 3.91. The summed E-state index contributed by atoms with van der Waals surface area (Å²) in [5, 5.41) is 0. The first-order valence-corrected chi connectivity index (χ1v) is 19.5. The summed E-state index contributed by atoms with van der Waals surface area (Å²) < 4.78 is 8.20. The molecule has 1 aliphatic rings. The molecule has 0 heterocycles. The van der Waals surface area contributed by atoms with Gasteiger partial charge in [0.05, 0.1) is 0 Å². The molecule has 0 radical (unpaired) electrons. The molecular weight excluding hydrogens is 500 g/mol. The van der Waals surface area contributed by atoms with Gasteiger partial charge < -0.3 is 4.74 Å². The van der Waals surface area contributed by atoms with Gasteiger partial charge in [0.2, 0.25) is 0 Å². The molecule has 0 bridgehead atoms. The van der Waals surface area contributed by atoms with Crippen molar-refractivity contribution in [2.45, 2.75) is 47.2 Å². The number of rotatable bonds is 7. The summed E-state index contributed by atoms with van der Waals surface area (Å²) in [5.74, 6) is 1.73. The summed E-state index contributed by atoms with van der Waals surface area (Å²) in [6.07, 6.45) is 12.4. The summed E-state index contributed by atoms with van der Waals surface area (Å²) in [7, 11) is 0. The Bertz CT molecular complexity index is 1230. The third-order valence-corrected chi connectivity index (χ3v) is 11.8. The first kappa shape index (κ1) is 28.9. The number of hydrogen-bond acceptors (Lipinski definition) is 1. The summed E-state index contributed by atoms with van der Waals surface area (Å²) in [6, 6.07) is 28.9. The van der Waals surface area contributed by atoms with Gasteiger partial charge in [0, 0.05) is 11.1 Å². The Labute approximate surface area is 234 Å². The van der Waals surface area contributed by atoms with Gasteiger partial charge in [-0.05, 0) is 30.0 Å². The molecule has 0 saturated carbocycles. The maximum absolute atomic E-state index is 6.43. The second-order valence-electron chi connectivity index (χ2n) is 10.6. The van der Waals surface area contributed by atoms with Gasteiger partial charge in [0.25, 0.3) is 0 Å². The van der Waals surface area contributed by atoms with Gasteiger partial charge in [-0.15, -0.1) is 0 Å². The Morgan fingerprint density at radius 2 is 1.49 bits per heavy atom. The van der Waals surface area contributed by atoms with E-state index in [4.69, 9.17) is 4.74 Å². The van der Waals surface area contributed by atoms with Gasteiger partial charge in [-0.25, -0.2) is 0 Å². The molecule has 4 rings (SSSR count). The summed E-state index contributed by atoms with van der Waals surface area (Å²) in [4.78, 5) is 0. The second-order valence-corrected chi connectivity index (χ2v) is 21.0. The first-order valence-electron chi connectivity index (χ1n) is 13.1. The molecule has 37 heavy (non-hydrogen) atoms. The van der Waals surface area contributed by atoms with Gasteiger partial charge in [-0.1, -0.05) is 111 Å². The molecule has 0 amide bonds. The minimum atomic E-state index is -0.207. The Kier molecular flexibility index (Phi) is 11.2. The van der Waals surface area contributed by atoms with E-state index in [1.165, 1.54) is 17.5 Å². The average Bonchev–Trinajstić information content (AvgIpc) is 3.38. The maximum Gasteiger partial charge on any atom is 0.138 e. The quantitative estimate of drug-likeness (QED) is 0.165. The van der Waals surface area contributed by atoms with E-state index in [2.05, 4.69) is 108 Å². The van der Waals surface area contributed by atoms with Gasteiger partial charge in [-0.3, -0.25) is 0 Å². The van der Waals surface area contributed by atoms with Crippen LogP contribution in [0.15, 0.2) is 119 Å². The third kappa shape index (κ3) is 9.97. The topological polar surface area (TPSA) is 9.23 Å². The van der Waals surface area contributed by atoms with Crippen LogP contribution in [0.4, 0.5) is 0 Å². The van der Waals surface area contributed by atoms with Gasteiger partial charge in [0.1, 0.15) is 11.5 Å². The fourth-order valence-corrected chi connectivity index (χ4v) is 9.68. The molecule has 3 heteroatoms. The van der Waals surface area contributed by atoms with E-state index >= 15 is 0 Å². The molecule has 0 atom stereocenters. The van der Waals surface area contributed by atoms with Crippen molar-refractivity contribution < 1.29 is 23.1 Å². The van der Waals surface area contributed by atoms with E-state index in [-0.39, 0.29) is 12.1 Å². The van der Waals surface area contributed by atoms with E-state index in [1.54, 1.807) is 3.88 Å². The normalized spacial score (nSPS) is 13.6. The summed E-state index contributed by atoms with van der Waals surface area (Å²) >= 11 is 0.375. The molecule has 0 spiro atoms. The zero-order valence-electron chi connectivity index (χ0n) is 23.2. The molecule has 1 nitrogen and oxygen atoms in total. The largest absolute Gasteiger partial charge is 0.456 e. The molecule has 190 valence electrons. The van der Waals surface area contributed by atoms with Crippen molar-refractivity contribution in [3.05, 3.63) is 135 Å². The summed E-state index contributed by atoms with van der Waals surface area (Å²) in [6.45, 7) is 13.5. The van der Waals surface area contributed by atoms with E-state index < -0.39 is 0 Å². The van der Waals surface area contributed by atoms with Crippen LogP contribution in [-0.2, 0) is 18.4 Å². The Morgan fingerprint density at radius 3 is 2.03 bits per heavy atom. The minimum Gasteiger partial charge on any atom is -0.456 e. The molecule has 0 fully saturated rings. The van der Waals surface area contributed by atoms with Gasteiger partial charge >= 0.3 is 66.7 Å². The number of para-hydroxylation sites is 1. The summed E-state index contributed by atoms with van der Waals surface area (Å²) in [5.41, 5.74) is 4.59. The smallest absolute Gasteiger partial charge is 0.138 e. The Morgan fingerprint density at radius 1 is 0.865 bits per heavy atom. The maximum atomic E-state index is 6.43. The van der Waals surface area contributed by atoms with E-state index in [9.17, 15) is 0 Å². The van der Waals surface area contributed by atoms with Crippen molar-refractivity contribution in [2.75, 3.05) is 0 Å². The van der Waals surface area contributed by atoms with Crippen molar-refractivity contribution in [1.29, 1.82) is 0 Å². The van der Waals surface area contributed by atoms with Crippen LogP contribution in [-0.4, -0.2) is 6.66 Å². The monoisotopic (exact) mass is 540 g/mol. The predicted molar refractivity (Wildman–Crippen MR) is 161 cm³/mol. The Balaban J connectivity index is 0.000000356. The molecule has 0 aromatic heterocycles. The number of benzene rings is 3. The fraction of sp³-hybridized carbons (Fsp3) is 0.235. The third-order valence-electron chi connectivity index (χ3n) is 5.82. The standard InChI is InChI=1S/C27H28O.C5H5.C2H7Si.Ti/c1-21-15-17-22(18-16-21)19-20-25(27(2,3)4)26(23-11-7-5-8-12-23)28-24-13-9-6-10-14-24;1-2-4-5-3-1;1-3-2;/h5-20H,1-4H3;1-3H,4H2;3H,1-2H3;. The zero-order valence-corrected chi connectivity index (χ0v) is 25.9. The molecule has 3 aromatic carbocycles. The molecule has 0 aliphatic heterocycles. The van der Waals surface area contributed by atoms with Crippen LogP contribution in [0.1, 0.15) is 43.9 Å². The van der Waals surface area contributed by atoms with Gasteiger partial charge in [-0.2, -0.15) is 0 Å². The second kappa shape index (κ2) is 14.3. The number of allylic oxidation sites excluding steroid dienone is 6. The van der Waals surface area contributed by atoms with Crippen LogP contribution in [0.5, 0.6) is 5.75 Å². The predicted octanol–water partition coefficient (Wildman–Crippen LogP) is 9.44. The molecule has 3 aromatic rings. The van der Waals surface area contributed by atoms with E-state index in [0.717, 1.165) is 22.6 Å². The van der Waals surface area contributed by atoms with Crippen LogP contribution in [0.2, 0.25) is 13.1 Å². The van der Waals surface area contributed by atoms with Crippen molar-refractivity contribution in [1.82, 2.24) is 0 Å². The minimum absolute atomic E-state index is 0.0822. The van der Waals surface area contributed by atoms with Crippen LogP contribution in [0.25, 0.3) is 11.8 Å². The van der Waals surface area contributed by atoms with Gasteiger partial charge in [0.15, 0.2) is 0 Å². The van der Waals surface area contributed by atoms with Crippen LogP contribution < -0.4 is 4.74 Å². The molecule has 0 N–H and O–H groups in total. The van der Waals surface area contributed by atoms with Crippen molar-refractivity contribution in [2.24, 2.45) is 5.41 Å². The number of ether oxygens (including phenoxy) is 1. The van der Waals surface area contributed by atoms with Crippen LogP contribution >= 0.6 is 0 Å². The zero-order chi connectivity index (χ0) is 26.7. The molecule has 1 aliphatic carbocycles. The first-order chi connectivity index (χ1) is 17.7. The number of aryl methyl sites for hydroxylation is 1. The molecule has 0 saturated heterocycles. The average molecular weight is 541 g/mol. The number of hydrogen-bond donors (Lipinski definition) is 0. The van der Waals surface area contributed by atoms with Crippen molar-refractivity contribution in [3.8, 4) is 5.75 Å². The van der Waals surface area contributed by atoms with Crippen LogP contribution in [0, 0.1) is 12.3 Å². The van der Waals surface area contributed by atoms with Crippen LogP contribution in [0.3, 0.4) is 0 Å². The SMILES string of the molecule is C[SiH](C)[Ti][C]1=CC=CC1.Cc1ccc(C=CC(=C(Oc2ccccc2)c2ccccc2)C(C)(C)C)cc1.